The molecule has 2 aromatic rings. The molecule has 0 radical (unpaired) electrons. The molecule has 0 bridgehead atoms. The van der Waals surface area contributed by atoms with Crippen LogP contribution in [-0.2, 0) is 4.79 Å². The molecule has 0 atom stereocenters. The zero-order valence-electron chi connectivity index (χ0n) is 15.5. The Kier molecular flexibility index (Phi) is 5.25. The monoisotopic (exact) mass is 355 g/mol. The predicted octanol–water partition coefficient (Wildman–Crippen LogP) is 2.58. The van der Waals surface area contributed by atoms with Crippen LogP contribution in [0.25, 0.3) is 5.69 Å². The standard InChI is InChI=1S/C19H25N5O2/c1-14-7-4-5-8-17(14)24-18(13-15(2)21-24)20-19(26)23-10-6-9-22(11-12-23)16(3)25/h4-5,7-8,13H,6,9-12H2,1-3H3,(H,20,26). The van der Waals surface area contributed by atoms with Gasteiger partial charge in [0.25, 0.3) is 0 Å². The molecule has 138 valence electrons. The van der Waals surface area contributed by atoms with E-state index >= 15 is 0 Å². The second-order valence-corrected chi connectivity index (χ2v) is 6.65. The van der Waals surface area contributed by atoms with Crippen molar-refractivity contribution < 1.29 is 9.59 Å². The third-order valence-electron chi connectivity index (χ3n) is 4.64. The number of carbonyl (C=O) groups is 2. The first-order chi connectivity index (χ1) is 12.5. The molecule has 0 spiro atoms. The van der Waals surface area contributed by atoms with Crippen molar-refractivity contribution in [2.24, 2.45) is 0 Å². The molecule has 3 rings (SSSR count). The van der Waals surface area contributed by atoms with Crippen molar-refractivity contribution in [2.45, 2.75) is 27.2 Å². The van der Waals surface area contributed by atoms with E-state index in [2.05, 4.69) is 10.4 Å². The zero-order valence-corrected chi connectivity index (χ0v) is 15.5. The van der Waals surface area contributed by atoms with Crippen LogP contribution in [0.3, 0.4) is 0 Å². The normalized spacial score (nSPS) is 14.9. The summed E-state index contributed by atoms with van der Waals surface area (Å²) in [6, 6.07) is 9.63. The average Bonchev–Trinajstić information content (AvgIpc) is 2.82. The molecule has 1 saturated heterocycles. The molecule has 0 saturated carbocycles. The molecule has 0 aliphatic carbocycles. The number of para-hydroxylation sites is 1. The van der Waals surface area contributed by atoms with Gasteiger partial charge in [0.15, 0.2) is 0 Å². The highest BCUT2D eigenvalue weighted by Gasteiger charge is 2.21. The maximum Gasteiger partial charge on any atom is 0.323 e. The number of hydrogen-bond acceptors (Lipinski definition) is 3. The van der Waals surface area contributed by atoms with Crippen LogP contribution in [-0.4, -0.2) is 57.7 Å². The van der Waals surface area contributed by atoms with E-state index in [1.807, 2.05) is 44.2 Å². The molecule has 1 aliphatic rings. The maximum atomic E-state index is 12.7. The van der Waals surface area contributed by atoms with Crippen LogP contribution in [0.15, 0.2) is 30.3 Å². The molecule has 1 aromatic carbocycles. The summed E-state index contributed by atoms with van der Waals surface area (Å²) >= 11 is 0. The highest BCUT2D eigenvalue weighted by Crippen LogP contribution is 2.20. The fraction of sp³-hybridized carbons (Fsp3) is 0.421. The number of urea groups is 1. The van der Waals surface area contributed by atoms with Crippen LogP contribution >= 0.6 is 0 Å². The summed E-state index contributed by atoms with van der Waals surface area (Å²) in [4.78, 5) is 27.8. The number of aryl methyl sites for hydroxylation is 2. The van der Waals surface area contributed by atoms with Gasteiger partial charge in [-0.25, -0.2) is 9.48 Å². The van der Waals surface area contributed by atoms with E-state index in [9.17, 15) is 9.59 Å². The Balaban J connectivity index is 1.76. The Bertz CT molecular complexity index is 814. The molecule has 26 heavy (non-hydrogen) atoms. The molecule has 7 nitrogen and oxygen atoms in total. The van der Waals surface area contributed by atoms with Gasteiger partial charge in [0, 0.05) is 39.2 Å². The van der Waals surface area contributed by atoms with Crippen LogP contribution in [0.2, 0.25) is 0 Å². The molecule has 0 unspecified atom stereocenters. The van der Waals surface area contributed by atoms with Crippen molar-refractivity contribution >= 4 is 17.8 Å². The van der Waals surface area contributed by atoms with Gasteiger partial charge in [0.05, 0.1) is 11.4 Å². The lowest BCUT2D eigenvalue weighted by molar-refractivity contribution is -0.128. The lowest BCUT2D eigenvalue weighted by Crippen LogP contribution is -2.39. The number of benzene rings is 1. The van der Waals surface area contributed by atoms with Gasteiger partial charge in [-0.2, -0.15) is 5.10 Å². The van der Waals surface area contributed by atoms with Gasteiger partial charge in [-0.15, -0.1) is 0 Å². The Morgan fingerprint density at radius 1 is 1.04 bits per heavy atom. The first-order valence-electron chi connectivity index (χ1n) is 8.90. The summed E-state index contributed by atoms with van der Waals surface area (Å²) in [5.74, 6) is 0.704. The Hall–Kier alpha value is -2.83. The molecular weight excluding hydrogens is 330 g/mol. The minimum Gasteiger partial charge on any atom is -0.341 e. The number of amides is 3. The number of nitrogens with zero attached hydrogens (tertiary/aromatic N) is 4. The van der Waals surface area contributed by atoms with Gasteiger partial charge in [0.2, 0.25) is 5.91 Å². The smallest absolute Gasteiger partial charge is 0.323 e. The molecule has 1 aromatic heterocycles. The number of rotatable bonds is 2. The Morgan fingerprint density at radius 3 is 2.46 bits per heavy atom. The molecule has 1 aliphatic heterocycles. The number of hydrogen-bond donors (Lipinski definition) is 1. The SMILES string of the molecule is CC(=O)N1CCCN(C(=O)Nc2cc(C)nn2-c2ccccc2C)CC1. The van der Waals surface area contributed by atoms with Crippen LogP contribution in [0.5, 0.6) is 0 Å². The first kappa shape index (κ1) is 18.0. The number of nitrogens with one attached hydrogen (secondary N) is 1. The van der Waals surface area contributed by atoms with Gasteiger partial charge >= 0.3 is 6.03 Å². The van der Waals surface area contributed by atoms with Crippen molar-refractivity contribution in [1.82, 2.24) is 19.6 Å². The van der Waals surface area contributed by atoms with Gasteiger partial charge in [-0.05, 0) is 31.9 Å². The van der Waals surface area contributed by atoms with E-state index in [1.165, 1.54) is 0 Å². The second kappa shape index (κ2) is 7.59. The zero-order chi connectivity index (χ0) is 18.7. The minimum absolute atomic E-state index is 0.0560. The van der Waals surface area contributed by atoms with Crippen molar-refractivity contribution in [3.8, 4) is 5.69 Å². The van der Waals surface area contributed by atoms with E-state index in [-0.39, 0.29) is 11.9 Å². The van der Waals surface area contributed by atoms with E-state index in [0.717, 1.165) is 23.4 Å². The molecule has 3 amide bonds. The lowest BCUT2D eigenvalue weighted by Gasteiger charge is -2.22. The molecule has 7 heteroatoms. The van der Waals surface area contributed by atoms with Crippen LogP contribution in [0, 0.1) is 13.8 Å². The van der Waals surface area contributed by atoms with Crippen molar-refractivity contribution in [3.05, 3.63) is 41.6 Å². The number of carbonyl (C=O) groups excluding carboxylic acids is 2. The first-order valence-corrected chi connectivity index (χ1v) is 8.90. The number of aromatic nitrogens is 2. The van der Waals surface area contributed by atoms with E-state index in [4.69, 9.17) is 0 Å². The topological polar surface area (TPSA) is 70.5 Å². The van der Waals surface area contributed by atoms with E-state index < -0.39 is 0 Å². The summed E-state index contributed by atoms with van der Waals surface area (Å²) < 4.78 is 1.77. The Labute approximate surface area is 153 Å². The summed E-state index contributed by atoms with van der Waals surface area (Å²) in [7, 11) is 0. The summed E-state index contributed by atoms with van der Waals surface area (Å²) in [6.45, 7) is 7.91. The predicted molar refractivity (Wildman–Crippen MR) is 101 cm³/mol. The largest absolute Gasteiger partial charge is 0.341 e. The lowest BCUT2D eigenvalue weighted by atomic mass is 10.2. The molecule has 1 fully saturated rings. The molecule has 1 N–H and O–H groups in total. The van der Waals surface area contributed by atoms with E-state index in [1.54, 1.807) is 21.4 Å². The van der Waals surface area contributed by atoms with E-state index in [0.29, 0.717) is 32.0 Å². The third kappa shape index (κ3) is 3.87. The molecular formula is C19H25N5O2. The summed E-state index contributed by atoms with van der Waals surface area (Å²) in [6.07, 6.45) is 0.781. The van der Waals surface area contributed by atoms with Gasteiger partial charge in [0.1, 0.15) is 5.82 Å². The van der Waals surface area contributed by atoms with Gasteiger partial charge in [-0.3, -0.25) is 10.1 Å². The van der Waals surface area contributed by atoms with Crippen LogP contribution < -0.4 is 5.32 Å². The molecule has 2 heterocycles. The van der Waals surface area contributed by atoms with Crippen LogP contribution in [0.1, 0.15) is 24.6 Å². The fourth-order valence-corrected chi connectivity index (χ4v) is 3.20. The quantitative estimate of drug-likeness (QED) is 0.900. The average molecular weight is 355 g/mol. The highest BCUT2D eigenvalue weighted by molar-refractivity contribution is 5.89. The van der Waals surface area contributed by atoms with Crippen molar-refractivity contribution in [2.75, 3.05) is 31.5 Å². The minimum atomic E-state index is -0.162. The number of anilines is 1. The Morgan fingerprint density at radius 2 is 1.73 bits per heavy atom. The van der Waals surface area contributed by atoms with Crippen LogP contribution in [0.4, 0.5) is 10.6 Å². The van der Waals surface area contributed by atoms with Crippen molar-refractivity contribution in [1.29, 1.82) is 0 Å². The summed E-state index contributed by atoms with van der Waals surface area (Å²) in [5.41, 5.74) is 2.86. The maximum absolute atomic E-state index is 12.7. The van der Waals surface area contributed by atoms with Crippen molar-refractivity contribution in [3.63, 3.8) is 0 Å². The van der Waals surface area contributed by atoms with Gasteiger partial charge in [-0.1, -0.05) is 18.2 Å². The van der Waals surface area contributed by atoms with Gasteiger partial charge < -0.3 is 9.80 Å². The summed E-state index contributed by atoms with van der Waals surface area (Å²) in [5, 5.41) is 7.51. The second-order valence-electron chi connectivity index (χ2n) is 6.65. The highest BCUT2D eigenvalue weighted by atomic mass is 16.2. The fourth-order valence-electron chi connectivity index (χ4n) is 3.20. The third-order valence-corrected chi connectivity index (χ3v) is 4.64.